The summed E-state index contributed by atoms with van der Waals surface area (Å²) in [4.78, 5) is 38.8. The molecule has 0 unspecified atom stereocenters. The molecule has 2 amide bonds. The second kappa shape index (κ2) is 15.0. The number of rotatable bonds is 12. The molecule has 0 aliphatic carbocycles. The largest absolute Gasteiger partial charge is 0.453 e. The van der Waals surface area contributed by atoms with Gasteiger partial charge in [0, 0.05) is 18.4 Å². The topological polar surface area (TPSA) is 93.7 Å². The molecule has 0 heterocycles. The van der Waals surface area contributed by atoms with E-state index in [1.54, 1.807) is 0 Å². The SMILES string of the molecule is CC[C@H](CCc1ccccc1CC(=O)[C@@H](NC(=O)OC)C(c1ccccc1)c1ccccc1)NC(=O)OC(C)(C)C. The van der Waals surface area contributed by atoms with Gasteiger partial charge in [-0.1, -0.05) is 91.9 Å². The lowest BCUT2D eigenvalue weighted by Crippen LogP contribution is -2.46. The molecule has 41 heavy (non-hydrogen) atoms. The maximum atomic E-state index is 14.0. The van der Waals surface area contributed by atoms with Crippen molar-refractivity contribution in [2.75, 3.05) is 7.11 Å². The summed E-state index contributed by atoms with van der Waals surface area (Å²) >= 11 is 0. The van der Waals surface area contributed by atoms with Gasteiger partial charge in [-0.2, -0.15) is 0 Å². The zero-order valence-corrected chi connectivity index (χ0v) is 24.7. The molecule has 7 nitrogen and oxygen atoms in total. The fraction of sp³-hybridized carbons (Fsp3) is 0.382. The number of methoxy groups -OCH3 is 1. The zero-order chi connectivity index (χ0) is 29.8. The van der Waals surface area contributed by atoms with Crippen LogP contribution in [0.15, 0.2) is 84.9 Å². The minimum atomic E-state index is -0.850. The highest BCUT2D eigenvalue weighted by Crippen LogP contribution is 2.30. The van der Waals surface area contributed by atoms with Crippen molar-refractivity contribution in [2.45, 2.75) is 77.0 Å². The van der Waals surface area contributed by atoms with Gasteiger partial charge in [-0.05, 0) is 62.3 Å². The summed E-state index contributed by atoms with van der Waals surface area (Å²) in [6.45, 7) is 7.53. The van der Waals surface area contributed by atoms with Gasteiger partial charge in [-0.3, -0.25) is 4.79 Å². The Bertz CT molecular complexity index is 1230. The van der Waals surface area contributed by atoms with E-state index in [0.717, 1.165) is 28.7 Å². The molecule has 0 bridgehead atoms. The smallest absolute Gasteiger partial charge is 0.407 e. The van der Waals surface area contributed by atoms with Crippen LogP contribution in [0.25, 0.3) is 0 Å². The van der Waals surface area contributed by atoms with Crippen LogP contribution in [0.3, 0.4) is 0 Å². The van der Waals surface area contributed by atoms with E-state index in [-0.39, 0.29) is 18.2 Å². The van der Waals surface area contributed by atoms with Crippen molar-refractivity contribution in [1.82, 2.24) is 10.6 Å². The monoisotopic (exact) mass is 558 g/mol. The van der Waals surface area contributed by atoms with E-state index < -0.39 is 29.7 Å². The average Bonchev–Trinajstić information content (AvgIpc) is 2.95. The number of alkyl carbamates (subject to hydrolysis) is 2. The summed E-state index contributed by atoms with van der Waals surface area (Å²) in [5.41, 5.74) is 3.18. The average molecular weight is 559 g/mol. The molecule has 0 saturated carbocycles. The molecular weight excluding hydrogens is 516 g/mol. The predicted octanol–water partition coefficient (Wildman–Crippen LogP) is 6.59. The first-order chi connectivity index (χ1) is 19.6. The van der Waals surface area contributed by atoms with Gasteiger partial charge < -0.3 is 20.1 Å². The van der Waals surface area contributed by atoms with Crippen LogP contribution in [0.1, 0.15) is 68.7 Å². The minimum absolute atomic E-state index is 0.0668. The molecule has 3 aromatic rings. The lowest BCUT2D eigenvalue weighted by molar-refractivity contribution is -0.120. The number of hydrogen-bond donors (Lipinski definition) is 2. The van der Waals surface area contributed by atoms with Crippen molar-refractivity contribution in [1.29, 1.82) is 0 Å². The van der Waals surface area contributed by atoms with E-state index >= 15 is 0 Å². The van der Waals surface area contributed by atoms with E-state index in [0.29, 0.717) is 12.8 Å². The fourth-order valence-electron chi connectivity index (χ4n) is 4.89. The number of Topliss-reactive ketones (excluding diaryl/α,β-unsaturated/α-hetero) is 1. The molecule has 0 saturated heterocycles. The van der Waals surface area contributed by atoms with Gasteiger partial charge in [0.2, 0.25) is 0 Å². The van der Waals surface area contributed by atoms with Crippen molar-refractivity contribution in [3.63, 3.8) is 0 Å². The third-order valence-corrected chi connectivity index (χ3v) is 6.92. The molecule has 7 heteroatoms. The first-order valence-corrected chi connectivity index (χ1v) is 14.1. The lowest BCUT2D eigenvalue weighted by atomic mass is 9.81. The number of carbonyl (C=O) groups is 3. The molecule has 3 rings (SSSR count). The van der Waals surface area contributed by atoms with Crippen LogP contribution in [-0.2, 0) is 27.1 Å². The molecule has 0 aromatic heterocycles. The van der Waals surface area contributed by atoms with Crippen molar-refractivity contribution in [2.24, 2.45) is 0 Å². The molecule has 0 radical (unpaired) electrons. The van der Waals surface area contributed by atoms with Crippen LogP contribution in [0.2, 0.25) is 0 Å². The number of aryl methyl sites for hydroxylation is 1. The summed E-state index contributed by atoms with van der Waals surface area (Å²) in [5.74, 6) is -0.529. The van der Waals surface area contributed by atoms with Gasteiger partial charge in [0.15, 0.2) is 5.78 Å². The van der Waals surface area contributed by atoms with Crippen LogP contribution in [0.5, 0.6) is 0 Å². The Morgan fingerprint density at radius 2 is 1.29 bits per heavy atom. The Morgan fingerprint density at radius 3 is 1.80 bits per heavy atom. The number of carbonyl (C=O) groups excluding carboxylic acids is 3. The number of amides is 2. The molecule has 0 aliphatic heterocycles. The highest BCUT2D eigenvalue weighted by molar-refractivity contribution is 5.91. The van der Waals surface area contributed by atoms with Gasteiger partial charge >= 0.3 is 12.2 Å². The van der Waals surface area contributed by atoms with Gasteiger partial charge in [-0.25, -0.2) is 9.59 Å². The Labute approximate surface area is 243 Å². The van der Waals surface area contributed by atoms with Crippen LogP contribution in [0, 0.1) is 0 Å². The molecule has 2 N–H and O–H groups in total. The summed E-state index contributed by atoms with van der Waals surface area (Å²) < 4.78 is 10.3. The Kier molecular flexibility index (Phi) is 11.5. The molecular formula is C34H42N2O5. The van der Waals surface area contributed by atoms with Gasteiger partial charge in [-0.15, -0.1) is 0 Å². The predicted molar refractivity (Wildman–Crippen MR) is 161 cm³/mol. The summed E-state index contributed by atoms with van der Waals surface area (Å²) in [5, 5.41) is 5.79. The number of ketones is 1. The Morgan fingerprint density at radius 1 is 0.756 bits per heavy atom. The minimum Gasteiger partial charge on any atom is -0.453 e. The quantitative estimate of drug-likeness (QED) is 0.262. The van der Waals surface area contributed by atoms with Crippen LogP contribution in [0.4, 0.5) is 9.59 Å². The number of ether oxygens (including phenoxy) is 2. The first kappa shape index (κ1) is 31.4. The molecule has 0 aliphatic rings. The summed E-state index contributed by atoms with van der Waals surface area (Å²) in [6, 6.07) is 26.3. The third-order valence-electron chi connectivity index (χ3n) is 6.92. The van der Waals surface area contributed by atoms with Crippen molar-refractivity contribution in [3.05, 3.63) is 107 Å². The zero-order valence-electron chi connectivity index (χ0n) is 24.7. The second-order valence-corrected chi connectivity index (χ2v) is 11.1. The lowest BCUT2D eigenvalue weighted by Gasteiger charge is -2.28. The molecule has 3 aromatic carbocycles. The second-order valence-electron chi connectivity index (χ2n) is 11.1. The van der Waals surface area contributed by atoms with Crippen LogP contribution < -0.4 is 10.6 Å². The van der Waals surface area contributed by atoms with Gasteiger partial charge in [0.1, 0.15) is 11.6 Å². The molecule has 0 spiro atoms. The molecule has 218 valence electrons. The third kappa shape index (κ3) is 9.78. The van der Waals surface area contributed by atoms with E-state index in [9.17, 15) is 14.4 Å². The van der Waals surface area contributed by atoms with E-state index in [1.165, 1.54) is 7.11 Å². The number of benzene rings is 3. The molecule has 2 atom stereocenters. The van der Waals surface area contributed by atoms with E-state index in [1.807, 2.05) is 113 Å². The first-order valence-electron chi connectivity index (χ1n) is 14.1. The van der Waals surface area contributed by atoms with Crippen LogP contribution in [-0.4, -0.2) is 42.8 Å². The highest BCUT2D eigenvalue weighted by Gasteiger charge is 2.33. The standard InChI is InChI=1S/C34H42N2O5/c1-6-28(35-33(39)41-34(2,3)4)22-21-24-15-13-14-20-27(24)23-29(37)31(36-32(38)40-5)30(25-16-9-7-10-17-25)26-18-11-8-12-19-26/h7-20,28,30-31H,6,21-23H2,1-5H3,(H,35,39)(H,36,38)/t28-,31-/m1/s1. The number of nitrogens with one attached hydrogen (secondary N) is 2. The van der Waals surface area contributed by atoms with Crippen molar-refractivity contribution < 1.29 is 23.9 Å². The van der Waals surface area contributed by atoms with E-state index in [2.05, 4.69) is 10.6 Å². The van der Waals surface area contributed by atoms with E-state index in [4.69, 9.17) is 9.47 Å². The highest BCUT2D eigenvalue weighted by atomic mass is 16.6. The Balaban J connectivity index is 1.84. The number of hydrogen-bond acceptors (Lipinski definition) is 5. The molecule has 0 fully saturated rings. The summed E-state index contributed by atoms with van der Waals surface area (Å²) in [6.07, 6.45) is 1.16. The van der Waals surface area contributed by atoms with Crippen molar-refractivity contribution >= 4 is 18.0 Å². The van der Waals surface area contributed by atoms with Gasteiger partial charge in [0.05, 0.1) is 7.11 Å². The van der Waals surface area contributed by atoms with Crippen molar-refractivity contribution in [3.8, 4) is 0 Å². The fourth-order valence-corrected chi connectivity index (χ4v) is 4.89. The maximum absolute atomic E-state index is 14.0. The normalized spacial score (nSPS) is 12.7. The summed E-state index contributed by atoms with van der Waals surface area (Å²) in [7, 11) is 1.29. The maximum Gasteiger partial charge on any atom is 0.407 e. The van der Waals surface area contributed by atoms with Gasteiger partial charge in [0.25, 0.3) is 0 Å². The Hall–Kier alpha value is -4.13. The van der Waals surface area contributed by atoms with Crippen LogP contribution >= 0.6 is 0 Å².